The molecule has 0 spiro atoms. The third kappa shape index (κ3) is 19.4. The Morgan fingerprint density at radius 2 is 1.09 bits per heavy atom. The first-order chi connectivity index (χ1) is 43.0. The number of aliphatic imine (C=N–C) groups is 1. The Morgan fingerprint density at radius 3 is 1.49 bits per heavy atom. The predicted octanol–water partition coefficient (Wildman–Crippen LogP) is 18.8. The van der Waals surface area contributed by atoms with Crippen molar-refractivity contribution in [3.05, 3.63) is 69.1 Å². The van der Waals surface area contributed by atoms with Gasteiger partial charge in [-0.15, -0.1) is 35.3 Å². The summed E-state index contributed by atoms with van der Waals surface area (Å²) in [6, 6.07) is 8.68. The molecule has 93 heavy (non-hydrogen) atoms. The number of benzene rings is 1. The fourth-order valence-corrected chi connectivity index (χ4v) is 18.2. The van der Waals surface area contributed by atoms with E-state index in [0.717, 1.165) is 49.4 Å². The molecule has 0 saturated heterocycles. The third-order valence-electron chi connectivity index (χ3n) is 20.7. The lowest BCUT2D eigenvalue weighted by atomic mass is 9.59. The van der Waals surface area contributed by atoms with Crippen molar-refractivity contribution < 1.29 is 48.5 Å². The lowest BCUT2D eigenvalue weighted by Gasteiger charge is -2.50. The molecule has 0 bridgehead atoms. The molecule has 2 aliphatic carbocycles. The summed E-state index contributed by atoms with van der Waals surface area (Å²) in [5.41, 5.74) is 3.92. The second-order valence-electron chi connectivity index (χ2n) is 32.4. The van der Waals surface area contributed by atoms with Crippen molar-refractivity contribution >= 4 is 88.7 Å². The van der Waals surface area contributed by atoms with Crippen molar-refractivity contribution in [2.45, 2.75) is 275 Å². The zero-order chi connectivity index (χ0) is 70.3. The maximum Gasteiger partial charge on any atom is 0.342 e. The molecule has 6 unspecified atom stereocenters. The summed E-state index contributed by atoms with van der Waals surface area (Å²) in [4.78, 5) is 95.1. The summed E-state index contributed by atoms with van der Waals surface area (Å²) in [6.07, 6.45) is 6.75. The summed E-state index contributed by atoms with van der Waals surface area (Å²) in [5.74, 6) is -2.05. The molecule has 2 saturated carbocycles. The van der Waals surface area contributed by atoms with Gasteiger partial charge in [-0.25, -0.2) is 14.6 Å². The highest BCUT2D eigenvalue weighted by Crippen LogP contribution is 2.53. The zero-order valence-corrected chi connectivity index (χ0v) is 63.8. The number of aromatic amines is 1. The number of carbonyl (C=O) groups excluding carboxylic acids is 4. The number of aliphatic carboxylic acids is 2. The maximum atomic E-state index is 15.9. The Hall–Kier alpha value is -4.48. The highest BCUT2D eigenvalue weighted by molar-refractivity contribution is 8.04. The van der Waals surface area contributed by atoms with E-state index in [-0.39, 0.29) is 91.6 Å². The Morgan fingerprint density at radius 1 is 0.634 bits per heavy atom. The molecule has 2 heterocycles. The number of allylic oxidation sites excluding steroid dienone is 1. The van der Waals surface area contributed by atoms with Crippen LogP contribution in [0.4, 0.5) is 5.82 Å². The maximum absolute atomic E-state index is 15.9. The van der Waals surface area contributed by atoms with Crippen molar-refractivity contribution in [3.63, 3.8) is 0 Å². The molecule has 14 nitrogen and oxygen atoms in total. The van der Waals surface area contributed by atoms with E-state index in [1.165, 1.54) is 17.3 Å². The number of ether oxygens (including phenoxy) is 2. The topological polar surface area (TPSA) is 214 Å². The number of anilines is 1. The van der Waals surface area contributed by atoms with Gasteiger partial charge in [-0.1, -0.05) is 190 Å². The molecular formula is C76H120N4O10S3. The molecule has 1 aromatic heterocycles. The Kier molecular flexibility index (Phi) is 27.5. The third-order valence-corrected chi connectivity index (χ3v) is 25.7. The standard InChI is InChI=1S/C76H120N4O10S3/c1-25-47(12)49-32-30-48(31-33-49)42-93-76(28-4,29-5)70(88)80-65-61(68(86)90-63-52(73(19,20)21)38-46(11)39-53(63)74(22,23)24)59(44(8)9)55(78-65)40-54-58(43(6)7)60(67(85)89-62-50(71(13,14)15)36-45(10)37-51(62)72(16,17)18)64(77-54)79-69(87)75(26-2,27-3)92-35-34-91-56(66(83)84)41-57(81)82/h30-33,40,43-47,50-53,56,62-63,78H,25-29,34-39,41-42H2,1-24H3,(H,80,88)(H,81,82)(H,83,84)(H,77,79,87). The minimum Gasteiger partial charge on any atom is -0.481 e. The van der Waals surface area contributed by atoms with Gasteiger partial charge >= 0.3 is 23.9 Å². The minimum absolute atomic E-state index is 0.00880. The summed E-state index contributed by atoms with van der Waals surface area (Å²) in [5, 5.41) is 24.6. The number of hydrogen-bond acceptors (Lipinski definition) is 12. The van der Waals surface area contributed by atoms with E-state index < -0.39 is 63.2 Å². The van der Waals surface area contributed by atoms with Gasteiger partial charge in [-0.2, -0.15) is 0 Å². The molecule has 522 valence electrons. The second kappa shape index (κ2) is 32.3. The number of amidine groups is 1. The number of amides is 2. The van der Waals surface area contributed by atoms with E-state index >= 15 is 19.2 Å². The number of carbonyl (C=O) groups is 6. The van der Waals surface area contributed by atoms with Gasteiger partial charge in [-0.05, 0) is 137 Å². The van der Waals surface area contributed by atoms with Crippen LogP contribution < -0.4 is 10.6 Å². The number of carboxylic acids is 2. The monoisotopic (exact) mass is 1340 g/mol. The number of rotatable bonds is 27. The van der Waals surface area contributed by atoms with E-state index in [1.54, 1.807) is 11.8 Å². The van der Waals surface area contributed by atoms with Crippen LogP contribution in [-0.4, -0.2) is 95.2 Å². The second-order valence-corrected chi connectivity index (χ2v) is 36.5. The van der Waals surface area contributed by atoms with Crippen molar-refractivity contribution in [1.29, 1.82) is 0 Å². The number of hydrogen-bond donors (Lipinski definition) is 5. The average Bonchev–Trinajstić information content (AvgIpc) is 1.73. The minimum atomic E-state index is -1.21. The summed E-state index contributed by atoms with van der Waals surface area (Å²) < 4.78 is 12.2. The lowest BCUT2D eigenvalue weighted by molar-refractivity contribution is -0.164. The van der Waals surface area contributed by atoms with E-state index in [0.29, 0.717) is 77.5 Å². The van der Waals surface area contributed by atoms with Gasteiger partial charge in [0.2, 0.25) is 11.8 Å². The fourth-order valence-electron chi connectivity index (χ4n) is 14.6. The molecule has 2 fully saturated rings. The van der Waals surface area contributed by atoms with Crippen molar-refractivity contribution in [1.82, 2.24) is 10.3 Å². The van der Waals surface area contributed by atoms with Gasteiger partial charge < -0.3 is 35.3 Å². The number of H-pyrrole nitrogens is 1. The quantitative estimate of drug-likeness (QED) is 0.0416. The normalized spacial score (nSPS) is 23.0. The number of thioether (sulfide) groups is 3. The van der Waals surface area contributed by atoms with E-state index in [4.69, 9.17) is 14.5 Å². The number of aromatic nitrogens is 1. The highest BCUT2D eigenvalue weighted by atomic mass is 32.2. The van der Waals surface area contributed by atoms with E-state index in [2.05, 4.69) is 151 Å². The largest absolute Gasteiger partial charge is 0.481 e. The molecule has 5 rings (SSSR count). The molecule has 2 amide bonds. The van der Waals surface area contributed by atoms with Gasteiger partial charge in [0, 0.05) is 46.6 Å². The molecule has 0 radical (unpaired) electrons. The molecule has 5 N–H and O–H groups in total. The van der Waals surface area contributed by atoms with Crippen LogP contribution >= 0.6 is 35.3 Å². The first kappa shape index (κ1) is 79.2. The molecule has 3 aliphatic rings. The van der Waals surface area contributed by atoms with Crippen molar-refractivity contribution in [2.75, 3.05) is 16.8 Å². The Bertz CT molecular complexity index is 2980. The number of nitrogens with one attached hydrogen (secondary N) is 3. The first-order valence-corrected chi connectivity index (χ1v) is 37.9. The predicted molar refractivity (Wildman–Crippen MR) is 388 cm³/mol. The molecular weight excluding hydrogens is 1230 g/mol. The fraction of sp³-hybridized carbons (Fsp3) is 0.724. The number of nitrogens with zero attached hydrogens (tertiary/aromatic N) is 1. The van der Waals surface area contributed by atoms with Crippen molar-refractivity contribution in [2.24, 2.45) is 68.1 Å². The van der Waals surface area contributed by atoms with Crippen LogP contribution in [0.3, 0.4) is 0 Å². The highest BCUT2D eigenvalue weighted by Gasteiger charge is 2.51. The van der Waals surface area contributed by atoms with Crippen molar-refractivity contribution in [3.8, 4) is 0 Å². The summed E-state index contributed by atoms with van der Waals surface area (Å²) in [7, 11) is 0. The smallest absolute Gasteiger partial charge is 0.342 e. The summed E-state index contributed by atoms with van der Waals surface area (Å²) >= 11 is 4.00. The molecule has 1 aliphatic heterocycles. The summed E-state index contributed by atoms with van der Waals surface area (Å²) in [6.45, 7) is 51.5. The van der Waals surface area contributed by atoms with Crippen LogP contribution in [0.1, 0.15) is 275 Å². The molecule has 17 heteroatoms. The van der Waals surface area contributed by atoms with Gasteiger partial charge in [-0.3, -0.25) is 19.2 Å². The van der Waals surface area contributed by atoms with Crippen LogP contribution in [0.25, 0.3) is 6.08 Å². The van der Waals surface area contributed by atoms with Crippen LogP contribution in [0.5, 0.6) is 0 Å². The molecule has 1 aromatic carbocycles. The zero-order valence-electron chi connectivity index (χ0n) is 61.3. The Labute approximate surface area is 573 Å². The SMILES string of the molecule is CCC(C)c1ccc(CSC(CC)(CC)C(=O)Nc2[nH]c(C=C3N=C(NC(=O)C(CC)(CC)SCCSC(CC(=O)O)C(=O)O)C(C(=O)OC4C(C(C)(C)C)CC(C)CC4C(C)(C)C)=C3C(C)C)c(C(C)C)c2C(=O)OC2C(C(C)(C)C)CC(C)CC2C(C)(C)C)cc1. The van der Waals surface area contributed by atoms with Gasteiger partial charge in [0.15, 0.2) is 0 Å². The number of carboxylic acid groups (broad SMARTS) is 2. The van der Waals surface area contributed by atoms with Gasteiger partial charge in [0.05, 0.1) is 21.6 Å². The Balaban J connectivity index is 1.79. The van der Waals surface area contributed by atoms with Crippen LogP contribution in [0, 0.1) is 63.1 Å². The van der Waals surface area contributed by atoms with Gasteiger partial charge in [0.25, 0.3) is 0 Å². The van der Waals surface area contributed by atoms with Crippen LogP contribution in [0.15, 0.2) is 46.1 Å². The molecule has 6 atom stereocenters. The van der Waals surface area contributed by atoms with E-state index in [1.807, 2.05) is 61.5 Å². The van der Waals surface area contributed by atoms with Crippen LogP contribution in [-0.2, 0) is 39.2 Å². The van der Waals surface area contributed by atoms with Gasteiger partial charge in [0.1, 0.15) is 40.2 Å². The van der Waals surface area contributed by atoms with E-state index in [9.17, 15) is 19.8 Å². The lowest BCUT2D eigenvalue weighted by Crippen LogP contribution is -2.50. The average molecular weight is 1350 g/mol. The van der Waals surface area contributed by atoms with Crippen LogP contribution in [0.2, 0.25) is 0 Å². The molecule has 2 aromatic rings. The first-order valence-electron chi connectivity index (χ1n) is 34.8. The number of esters is 2.